The maximum Gasteiger partial charge on any atom is 0.328 e. The van der Waals surface area contributed by atoms with Crippen LogP contribution in [0.1, 0.15) is 15.2 Å². The monoisotopic (exact) mass is 521 g/mol. The van der Waals surface area contributed by atoms with Gasteiger partial charge in [0.15, 0.2) is 0 Å². The average molecular weight is 522 g/mol. The summed E-state index contributed by atoms with van der Waals surface area (Å²) < 4.78 is 4.90. The summed E-state index contributed by atoms with van der Waals surface area (Å²) in [4.78, 5) is 59.7. The van der Waals surface area contributed by atoms with Crippen molar-refractivity contribution in [2.24, 2.45) is 0 Å². The van der Waals surface area contributed by atoms with Gasteiger partial charge >= 0.3 is 12.0 Å². The summed E-state index contributed by atoms with van der Waals surface area (Å²) in [6.07, 6.45) is 3.38. The van der Waals surface area contributed by atoms with E-state index in [2.05, 4.69) is 15.6 Å². The summed E-state index contributed by atoms with van der Waals surface area (Å²) in [7, 11) is 1.24. The van der Waals surface area contributed by atoms with Crippen LogP contribution in [0.2, 0.25) is 0 Å². The second-order valence-electron chi connectivity index (χ2n) is 8.38. The van der Waals surface area contributed by atoms with Crippen molar-refractivity contribution in [2.45, 2.75) is 18.5 Å². The molecule has 0 saturated carbocycles. The lowest BCUT2D eigenvalue weighted by Crippen LogP contribution is -2.63. The van der Waals surface area contributed by atoms with Gasteiger partial charge in [0.2, 0.25) is 5.91 Å². The molecule has 3 aromatic rings. The van der Waals surface area contributed by atoms with Gasteiger partial charge in [-0.2, -0.15) is 0 Å². The molecule has 1 aliphatic heterocycles. The van der Waals surface area contributed by atoms with Gasteiger partial charge in [0.05, 0.1) is 18.5 Å². The molecule has 2 N–H and O–H groups in total. The van der Waals surface area contributed by atoms with Crippen LogP contribution in [0, 0.1) is 0 Å². The Kier molecular flexibility index (Phi) is 8.47. The molecular formula is C26H27N5O5S. The minimum atomic E-state index is -1.01. The third-order valence-corrected chi connectivity index (χ3v) is 6.81. The van der Waals surface area contributed by atoms with E-state index in [-0.39, 0.29) is 38.0 Å². The molecule has 192 valence electrons. The Morgan fingerprint density at radius 1 is 1.08 bits per heavy atom. The third-order valence-electron chi connectivity index (χ3n) is 5.95. The highest BCUT2D eigenvalue weighted by Gasteiger charge is 2.39. The minimum Gasteiger partial charge on any atom is -0.467 e. The first-order chi connectivity index (χ1) is 18.0. The molecule has 1 fully saturated rings. The van der Waals surface area contributed by atoms with Crippen LogP contribution < -0.4 is 10.6 Å². The van der Waals surface area contributed by atoms with Crippen molar-refractivity contribution in [3.05, 3.63) is 82.8 Å². The minimum absolute atomic E-state index is 0.0393. The van der Waals surface area contributed by atoms with Gasteiger partial charge < -0.3 is 25.2 Å². The van der Waals surface area contributed by atoms with Gasteiger partial charge in [-0.25, -0.2) is 9.59 Å². The number of ether oxygens (including phenoxy) is 1. The number of thiophene rings is 1. The van der Waals surface area contributed by atoms with Crippen LogP contribution in [-0.4, -0.2) is 77.4 Å². The highest BCUT2D eigenvalue weighted by atomic mass is 32.1. The van der Waals surface area contributed by atoms with E-state index >= 15 is 0 Å². The lowest BCUT2D eigenvalue weighted by Gasteiger charge is -2.40. The van der Waals surface area contributed by atoms with Crippen molar-refractivity contribution >= 4 is 40.8 Å². The maximum atomic E-state index is 13.5. The number of hydrogen-bond acceptors (Lipinski definition) is 7. The number of benzene rings is 1. The quantitative estimate of drug-likeness (QED) is 0.461. The Bertz CT molecular complexity index is 1220. The van der Waals surface area contributed by atoms with E-state index in [1.54, 1.807) is 66.3 Å². The van der Waals surface area contributed by atoms with E-state index in [1.165, 1.54) is 28.2 Å². The number of hydrogen-bond donors (Lipinski definition) is 2. The number of rotatable bonds is 7. The fourth-order valence-electron chi connectivity index (χ4n) is 4.06. The Hall–Kier alpha value is -4.25. The Morgan fingerprint density at radius 2 is 1.89 bits per heavy atom. The fraction of sp³-hybridized carbons (Fsp3) is 0.269. The number of piperazine rings is 1. The largest absolute Gasteiger partial charge is 0.467 e. The number of carbonyl (C=O) groups is 4. The maximum absolute atomic E-state index is 13.5. The molecule has 1 saturated heterocycles. The number of methoxy groups -OCH3 is 1. The third kappa shape index (κ3) is 6.50. The van der Waals surface area contributed by atoms with Crippen LogP contribution in [0.15, 0.2) is 72.4 Å². The fourth-order valence-corrected chi connectivity index (χ4v) is 4.74. The summed E-state index contributed by atoms with van der Waals surface area (Å²) in [6.45, 7) is 0.362. The standard InChI is InChI=1S/C26H27N5O5S/c1-36-25(34)20(15-18-7-5-11-27-16-18)29-23(32)21-17-30(26(35)28-19-8-3-2-4-9-19)12-13-31(21)24(33)22-10-6-14-37-22/h2-11,14,16,20-21H,12-13,15,17H2,1H3,(H,28,35)(H,29,32)/t20-,21-/m1/s1. The number of urea groups is 1. The Balaban J connectivity index is 1.54. The molecule has 2 atom stereocenters. The summed E-state index contributed by atoms with van der Waals surface area (Å²) >= 11 is 1.27. The van der Waals surface area contributed by atoms with Crippen molar-refractivity contribution < 1.29 is 23.9 Å². The van der Waals surface area contributed by atoms with Gasteiger partial charge in [-0.05, 0) is 35.2 Å². The van der Waals surface area contributed by atoms with E-state index in [9.17, 15) is 19.2 Å². The summed E-state index contributed by atoms with van der Waals surface area (Å²) in [5, 5.41) is 7.34. The second kappa shape index (κ2) is 12.1. The van der Waals surface area contributed by atoms with Gasteiger partial charge in [-0.15, -0.1) is 11.3 Å². The molecule has 1 aromatic carbocycles. The molecule has 0 radical (unpaired) electrons. The molecule has 4 rings (SSSR count). The predicted octanol–water partition coefficient (Wildman–Crippen LogP) is 2.40. The predicted molar refractivity (Wildman–Crippen MR) is 138 cm³/mol. The molecular weight excluding hydrogens is 494 g/mol. The molecule has 1 aliphatic rings. The normalized spacial score (nSPS) is 16.0. The second-order valence-corrected chi connectivity index (χ2v) is 9.33. The number of nitrogens with zero attached hydrogens (tertiary/aromatic N) is 3. The van der Waals surface area contributed by atoms with Crippen molar-refractivity contribution in [3.63, 3.8) is 0 Å². The smallest absolute Gasteiger partial charge is 0.328 e. The molecule has 0 unspecified atom stereocenters. The Morgan fingerprint density at radius 3 is 2.57 bits per heavy atom. The number of carbonyl (C=O) groups excluding carboxylic acids is 4. The molecule has 10 nitrogen and oxygen atoms in total. The first-order valence-corrected chi connectivity index (χ1v) is 12.6. The summed E-state index contributed by atoms with van der Waals surface area (Å²) in [5.74, 6) is -1.48. The summed E-state index contributed by atoms with van der Waals surface area (Å²) in [6, 6.07) is 13.6. The van der Waals surface area contributed by atoms with Gasteiger partial charge in [-0.1, -0.05) is 30.3 Å². The number of aromatic nitrogens is 1. The van der Waals surface area contributed by atoms with Gasteiger partial charge in [0.1, 0.15) is 12.1 Å². The van der Waals surface area contributed by atoms with Crippen LogP contribution in [0.25, 0.3) is 0 Å². The first kappa shape index (κ1) is 25.8. The van der Waals surface area contributed by atoms with Crippen molar-refractivity contribution in [1.82, 2.24) is 20.1 Å². The van der Waals surface area contributed by atoms with Gasteiger partial charge in [0, 0.05) is 37.6 Å². The molecule has 3 heterocycles. The van der Waals surface area contributed by atoms with E-state index in [1.807, 2.05) is 6.07 Å². The number of anilines is 1. The molecule has 37 heavy (non-hydrogen) atoms. The van der Waals surface area contributed by atoms with Crippen LogP contribution in [0.3, 0.4) is 0 Å². The lowest BCUT2D eigenvalue weighted by atomic mass is 10.1. The number of amides is 4. The van der Waals surface area contributed by atoms with E-state index < -0.39 is 24.0 Å². The zero-order valence-electron chi connectivity index (χ0n) is 20.2. The zero-order valence-corrected chi connectivity index (χ0v) is 21.0. The molecule has 11 heteroatoms. The molecule has 0 aliphatic carbocycles. The van der Waals surface area contributed by atoms with Crippen molar-refractivity contribution in [3.8, 4) is 0 Å². The summed E-state index contributed by atoms with van der Waals surface area (Å²) in [5.41, 5.74) is 1.35. The molecule has 0 spiro atoms. The van der Waals surface area contributed by atoms with Crippen LogP contribution in [0.4, 0.5) is 10.5 Å². The van der Waals surface area contributed by atoms with Gasteiger partial charge in [-0.3, -0.25) is 14.6 Å². The number of nitrogens with one attached hydrogen (secondary N) is 2. The van der Waals surface area contributed by atoms with Crippen LogP contribution in [0.5, 0.6) is 0 Å². The topological polar surface area (TPSA) is 121 Å². The first-order valence-electron chi connectivity index (χ1n) is 11.7. The number of pyridine rings is 1. The zero-order chi connectivity index (χ0) is 26.2. The van der Waals surface area contributed by atoms with Crippen LogP contribution >= 0.6 is 11.3 Å². The van der Waals surface area contributed by atoms with Crippen molar-refractivity contribution in [2.75, 3.05) is 32.1 Å². The SMILES string of the molecule is COC(=O)[C@@H](Cc1cccnc1)NC(=O)[C@H]1CN(C(=O)Nc2ccccc2)CCN1C(=O)c1cccs1. The van der Waals surface area contributed by atoms with Crippen LogP contribution in [-0.2, 0) is 20.7 Å². The van der Waals surface area contributed by atoms with E-state index in [4.69, 9.17) is 4.74 Å². The number of para-hydroxylation sites is 1. The number of esters is 1. The Labute approximate surface area is 218 Å². The lowest BCUT2D eigenvalue weighted by molar-refractivity contribution is -0.145. The van der Waals surface area contributed by atoms with E-state index in [0.717, 1.165) is 5.56 Å². The van der Waals surface area contributed by atoms with Gasteiger partial charge in [0.25, 0.3) is 5.91 Å². The highest BCUT2D eigenvalue weighted by molar-refractivity contribution is 7.12. The molecule has 2 aromatic heterocycles. The molecule has 4 amide bonds. The molecule has 0 bridgehead atoms. The van der Waals surface area contributed by atoms with E-state index in [0.29, 0.717) is 10.6 Å². The highest BCUT2D eigenvalue weighted by Crippen LogP contribution is 2.19. The van der Waals surface area contributed by atoms with Crippen molar-refractivity contribution in [1.29, 1.82) is 0 Å². The average Bonchev–Trinajstić information content (AvgIpc) is 3.48.